The smallest absolute Gasteiger partial charge is 0.0332 e. The van der Waals surface area contributed by atoms with Crippen LogP contribution < -0.4 is 5.73 Å². The molecule has 0 radical (unpaired) electrons. The highest BCUT2D eigenvalue weighted by atomic mass is 15.2. The van der Waals surface area contributed by atoms with E-state index in [1.165, 1.54) is 45.2 Å². The van der Waals surface area contributed by atoms with Gasteiger partial charge in [-0.1, -0.05) is 24.3 Å². The van der Waals surface area contributed by atoms with Crippen molar-refractivity contribution in [1.82, 2.24) is 4.90 Å². The number of fused-ring (bicyclic) bond motifs is 1. The van der Waals surface area contributed by atoms with Crippen molar-refractivity contribution in [2.45, 2.75) is 37.6 Å². The summed E-state index contributed by atoms with van der Waals surface area (Å²) >= 11 is 0. The van der Waals surface area contributed by atoms with Crippen molar-refractivity contribution in [3.63, 3.8) is 0 Å². The van der Waals surface area contributed by atoms with Crippen molar-refractivity contribution >= 4 is 0 Å². The molecule has 0 spiro atoms. The van der Waals surface area contributed by atoms with Gasteiger partial charge in [-0.25, -0.2) is 0 Å². The van der Waals surface area contributed by atoms with Crippen LogP contribution in [0.3, 0.4) is 0 Å². The third kappa shape index (κ3) is 1.90. The molecule has 17 heavy (non-hydrogen) atoms. The number of nitrogens with zero attached hydrogens (tertiary/aromatic N) is 1. The van der Waals surface area contributed by atoms with E-state index >= 15 is 0 Å². The van der Waals surface area contributed by atoms with Crippen LogP contribution in [0.5, 0.6) is 0 Å². The maximum atomic E-state index is 6.01. The molecule has 1 aromatic rings. The van der Waals surface area contributed by atoms with Crippen LogP contribution >= 0.6 is 0 Å². The van der Waals surface area contributed by atoms with Crippen molar-refractivity contribution in [3.8, 4) is 0 Å². The number of benzene rings is 1. The van der Waals surface area contributed by atoms with Crippen LogP contribution in [0, 0.1) is 0 Å². The van der Waals surface area contributed by atoms with Crippen LogP contribution in [0.25, 0.3) is 0 Å². The van der Waals surface area contributed by atoms with Crippen molar-refractivity contribution < 1.29 is 0 Å². The van der Waals surface area contributed by atoms with Gasteiger partial charge in [0.2, 0.25) is 0 Å². The lowest BCUT2D eigenvalue weighted by Gasteiger charge is -2.49. The van der Waals surface area contributed by atoms with Gasteiger partial charge in [0, 0.05) is 25.2 Å². The summed E-state index contributed by atoms with van der Waals surface area (Å²) < 4.78 is 0. The summed E-state index contributed by atoms with van der Waals surface area (Å²) in [7, 11) is 0. The first-order valence-electron chi connectivity index (χ1n) is 6.86. The van der Waals surface area contributed by atoms with E-state index in [1.807, 2.05) is 0 Å². The molecule has 1 saturated carbocycles. The second-order valence-corrected chi connectivity index (χ2v) is 5.54. The van der Waals surface area contributed by atoms with E-state index in [0.29, 0.717) is 5.54 Å². The Hall–Kier alpha value is -0.860. The molecule has 0 atom stereocenters. The summed E-state index contributed by atoms with van der Waals surface area (Å²) in [6, 6.07) is 8.90. The van der Waals surface area contributed by atoms with Gasteiger partial charge in [-0.15, -0.1) is 0 Å². The standard InChI is InChI=1S/C15H22N2/c16-12-15(8-3-9-15)17-10-6-13-4-1-2-5-14(13)7-11-17/h1-2,4-5H,3,6-12,16H2. The third-order valence-corrected chi connectivity index (χ3v) is 4.76. The first kappa shape index (κ1) is 11.2. The van der Waals surface area contributed by atoms with Crippen LogP contribution in [-0.4, -0.2) is 30.1 Å². The van der Waals surface area contributed by atoms with Gasteiger partial charge in [0.15, 0.2) is 0 Å². The maximum absolute atomic E-state index is 6.01. The Bertz CT molecular complexity index is 363. The van der Waals surface area contributed by atoms with Gasteiger partial charge in [0.1, 0.15) is 0 Å². The van der Waals surface area contributed by atoms with E-state index in [0.717, 1.165) is 6.54 Å². The average molecular weight is 230 g/mol. The number of rotatable bonds is 2. The van der Waals surface area contributed by atoms with E-state index in [-0.39, 0.29) is 0 Å². The van der Waals surface area contributed by atoms with Crippen molar-refractivity contribution in [1.29, 1.82) is 0 Å². The zero-order valence-electron chi connectivity index (χ0n) is 10.5. The molecule has 0 saturated heterocycles. The molecule has 1 aliphatic carbocycles. The lowest BCUT2D eigenvalue weighted by atomic mass is 9.75. The minimum Gasteiger partial charge on any atom is -0.329 e. The second kappa shape index (κ2) is 4.43. The van der Waals surface area contributed by atoms with Gasteiger partial charge in [-0.3, -0.25) is 4.90 Å². The Kier molecular flexibility index (Phi) is 2.93. The van der Waals surface area contributed by atoms with Gasteiger partial charge in [0.05, 0.1) is 0 Å². The number of nitrogens with two attached hydrogens (primary N) is 1. The molecule has 92 valence electrons. The lowest BCUT2D eigenvalue weighted by Crippen LogP contribution is -2.59. The van der Waals surface area contributed by atoms with E-state index in [9.17, 15) is 0 Å². The predicted octanol–water partition coefficient (Wildman–Crippen LogP) is 1.97. The fourth-order valence-corrected chi connectivity index (χ4v) is 3.38. The van der Waals surface area contributed by atoms with Crippen LogP contribution in [-0.2, 0) is 12.8 Å². The van der Waals surface area contributed by atoms with Crippen LogP contribution in [0.4, 0.5) is 0 Å². The van der Waals surface area contributed by atoms with Gasteiger partial charge in [0.25, 0.3) is 0 Å². The Labute approximate surface area is 104 Å². The molecule has 2 aliphatic rings. The molecular weight excluding hydrogens is 208 g/mol. The average Bonchev–Trinajstić information content (AvgIpc) is 2.52. The topological polar surface area (TPSA) is 29.3 Å². The fourth-order valence-electron chi connectivity index (χ4n) is 3.38. The van der Waals surface area contributed by atoms with E-state index in [1.54, 1.807) is 11.1 Å². The maximum Gasteiger partial charge on any atom is 0.0332 e. The summed E-state index contributed by atoms with van der Waals surface area (Å²) in [4.78, 5) is 2.66. The highest BCUT2D eigenvalue weighted by Gasteiger charge is 2.41. The predicted molar refractivity (Wildman–Crippen MR) is 71.1 cm³/mol. The van der Waals surface area contributed by atoms with Crippen molar-refractivity contribution in [3.05, 3.63) is 35.4 Å². The summed E-state index contributed by atoms with van der Waals surface area (Å²) in [5.41, 5.74) is 9.45. The van der Waals surface area contributed by atoms with E-state index in [4.69, 9.17) is 5.73 Å². The van der Waals surface area contributed by atoms with Crippen molar-refractivity contribution in [2.75, 3.05) is 19.6 Å². The quantitative estimate of drug-likeness (QED) is 0.841. The van der Waals surface area contributed by atoms with Gasteiger partial charge in [-0.2, -0.15) is 0 Å². The lowest BCUT2D eigenvalue weighted by molar-refractivity contribution is 0.0269. The normalized spacial score (nSPS) is 23.6. The zero-order valence-corrected chi connectivity index (χ0v) is 10.5. The second-order valence-electron chi connectivity index (χ2n) is 5.54. The Balaban J connectivity index is 1.77. The van der Waals surface area contributed by atoms with Gasteiger partial charge in [-0.05, 0) is 43.2 Å². The zero-order chi connectivity index (χ0) is 11.7. The molecule has 1 aromatic carbocycles. The monoisotopic (exact) mass is 230 g/mol. The largest absolute Gasteiger partial charge is 0.329 e. The SMILES string of the molecule is NCC1(N2CCc3ccccc3CC2)CCC1. The summed E-state index contributed by atoms with van der Waals surface area (Å²) in [6.07, 6.45) is 6.36. The fraction of sp³-hybridized carbons (Fsp3) is 0.600. The van der Waals surface area contributed by atoms with E-state index in [2.05, 4.69) is 29.2 Å². The summed E-state index contributed by atoms with van der Waals surface area (Å²) in [6.45, 7) is 3.21. The molecule has 1 aliphatic heterocycles. The minimum absolute atomic E-state index is 0.349. The molecule has 0 unspecified atom stereocenters. The molecule has 2 nitrogen and oxygen atoms in total. The highest BCUT2D eigenvalue weighted by Crippen LogP contribution is 2.37. The molecule has 1 heterocycles. The highest BCUT2D eigenvalue weighted by molar-refractivity contribution is 5.29. The van der Waals surface area contributed by atoms with Crippen LogP contribution in [0.15, 0.2) is 24.3 Å². The Morgan fingerprint density at radius 2 is 1.65 bits per heavy atom. The minimum atomic E-state index is 0.349. The molecular formula is C15H22N2. The first-order valence-corrected chi connectivity index (χ1v) is 6.86. The van der Waals surface area contributed by atoms with Gasteiger partial charge < -0.3 is 5.73 Å². The summed E-state index contributed by atoms with van der Waals surface area (Å²) in [5.74, 6) is 0. The van der Waals surface area contributed by atoms with E-state index < -0.39 is 0 Å². The molecule has 0 bridgehead atoms. The molecule has 0 amide bonds. The molecule has 1 fully saturated rings. The third-order valence-electron chi connectivity index (χ3n) is 4.76. The Morgan fingerprint density at radius 3 is 2.06 bits per heavy atom. The molecule has 2 heteroatoms. The van der Waals surface area contributed by atoms with Crippen LogP contribution in [0.2, 0.25) is 0 Å². The Morgan fingerprint density at radius 1 is 1.06 bits per heavy atom. The van der Waals surface area contributed by atoms with Crippen molar-refractivity contribution in [2.24, 2.45) is 5.73 Å². The molecule has 0 aromatic heterocycles. The van der Waals surface area contributed by atoms with Crippen LogP contribution in [0.1, 0.15) is 30.4 Å². The first-order chi connectivity index (χ1) is 8.34. The number of hydrogen-bond acceptors (Lipinski definition) is 2. The van der Waals surface area contributed by atoms with Gasteiger partial charge >= 0.3 is 0 Å². The summed E-state index contributed by atoms with van der Waals surface area (Å²) in [5, 5.41) is 0. The molecule has 3 rings (SSSR count). The number of hydrogen-bond donors (Lipinski definition) is 1. The molecule has 2 N–H and O–H groups in total.